The second kappa shape index (κ2) is 3.16. The van der Waals surface area contributed by atoms with Gasteiger partial charge in [-0.25, -0.2) is 0 Å². The fourth-order valence-electron chi connectivity index (χ4n) is 1.05. The molecule has 0 radical (unpaired) electrons. The molecule has 0 bridgehead atoms. The van der Waals surface area contributed by atoms with E-state index in [-0.39, 0.29) is 14.7 Å². The van der Waals surface area contributed by atoms with Gasteiger partial charge in [0.25, 0.3) is 0 Å². The summed E-state index contributed by atoms with van der Waals surface area (Å²) in [4.78, 5) is 0. The van der Waals surface area contributed by atoms with E-state index in [4.69, 9.17) is 0 Å². The molecule has 0 spiro atoms. The van der Waals surface area contributed by atoms with E-state index in [0.29, 0.717) is 0 Å². The third-order valence-corrected chi connectivity index (χ3v) is 3.16. The van der Waals surface area contributed by atoms with Gasteiger partial charge >= 0.3 is 71.2 Å². The Balaban J connectivity index is 2.39. The molecule has 0 unspecified atom stereocenters. The van der Waals surface area contributed by atoms with E-state index < -0.39 is 0 Å². The predicted molar refractivity (Wildman–Crippen MR) is 45.5 cm³/mol. The quantitative estimate of drug-likeness (QED) is 0.599. The van der Waals surface area contributed by atoms with Crippen molar-refractivity contribution in [2.24, 2.45) is 0 Å². The first-order valence-corrected chi connectivity index (χ1v) is 5.23. The molecule has 56 valence electrons. The Bertz CT molecular complexity index is 299. The van der Waals surface area contributed by atoms with Gasteiger partial charge < -0.3 is 0 Å². The Kier molecular flexibility index (Phi) is 2.01. The zero-order valence-corrected chi connectivity index (χ0v) is 7.74. The molecule has 3 heteroatoms. The van der Waals surface area contributed by atoms with Crippen LogP contribution in [0.2, 0.25) is 0 Å². The Morgan fingerprint density at radius 1 is 1.36 bits per heavy atom. The van der Waals surface area contributed by atoms with Gasteiger partial charge in [-0.15, -0.1) is 0 Å². The van der Waals surface area contributed by atoms with Crippen molar-refractivity contribution in [2.45, 2.75) is 12.8 Å². The van der Waals surface area contributed by atoms with Crippen LogP contribution in [0.1, 0.15) is 16.6 Å². The van der Waals surface area contributed by atoms with E-state index in [0.717, 1.165) is 12.8 Å². The van der Waals surface area contributed by atoms with Crippen LogP contribution in [-0.4, -0.2) is 23.9 Å². The van der Waals surface area contributed by atoms with E-state index in [2.05, 4.69) is 33.5 Å². The van der Waals surface area contributed by atoms with Gasteiger partial charge in [-0.2, -0.15) is 0 Å². The average Bonchev–Trinajstić information content (AvgIpc) is 2.35. The van der Waals surface area contributed by atoms with Gasteiger partial charge in [0.05, 0.1) is 0 Å². The summed E-state index contributed by atoms with van der Waals surface area (Å²) in [5.74, 6) is 0. The van der Waals surface area contributed by atoms with Gasteiger partial charge in [-0.05, 0) is 0 Å². The predicted octanol–water partition coefficient (Wildman–Crippen LogP) is 1.05. The standard InChI is InChI=1S/C8H8N2Se/c1-2-4-6-8-7(5-3-1)9-10-11-8/h1-2,4,6H,3,5H2. The summed E-state index contributed by atoms with van der Waals surface area (Å²) in [6, 6.07) is 0. The van der Waals surface area contributed by atoms with Crippen molar-refractivity contribution >= 4 is 20.8 Å². The van der Waals surface area contributed by atoms with Crippen LogP contribution in [-0.2, 0) is 6.42 Å². The first kappa shape index (κ1) is 7.01. The first-order valence-electron chi connectivity index (χ1n) is 3.61. The molecule has 11 heavy (non-hydrogen) atoms. The minimum atomic E-state index is 0.261. The number of aryl methyl sites for hydroxylation is 1. The molecule has 0 N–H and O–H groups in total. The summed E-state index contributed by atoms with van der Waals surface area (Å²) in [6.45, 7) is 0. The fourth-order valence-corrected chi connectivity index (χ4v) is 2.34. The Hall–Kier alpha value is -0.661. The van der Waals surface area contributed by atoms with Gasteiger partial charge in [0.15, 0.2) is 0 Å². The summed E-state index contributed by atoms with van der Waals surface area (Å²) >= 11 is 0.261. The van der Waals surface area contributed by atoms with Gasteiger partial charge in [0.1, 0.15) is 0 Å². The average molecular weight is 211 g/mol. The maximum absolute atomic E-state index is 4.11. The van der Waals surface area contributed by atoms with Gasteiger partial charge in [0.2, 0.25) is 0 Å². The maximum atomic E-state index is 4.11. The summed E-state index contributed by atoms with van der Waals surface area (Å²) in [5.41, 5.74) is 1.20. The molecule has 2 rings (SSSR count). The molecule has 0 saturated carbocycles. The molecular weight excluding hydrogens is 203 g/mol. The van der Waals surface area contributed by atoms with Crippen molar-refractivity contribution in [3.8, 4) is 0 Å². The normalized spacial score (nSPS) is 15.6. The zero-order valence-electron chi connectivity index (χ0n) is 6.03. The molecule has 0 aliphatic heterocycles. The Labute approximate surface area is 71.6 Å². The SMILES string of the molecule is C1=CCCc2nn[se]c2C=C1. The van der Waals surface area contributed by atoms with Crippen molar-refractivity contribution in [3.63, 3.8) is 0 Å². The number of hydrogen-bond donors (Lipinski definition) is 0. The molecule has 2 nitrogen and oxygen atoms in total. The van der Waals surface area contributed by atoms with Crippen molar-refractivity contribution in [3.05, 3.63) is 28.4 Å². The number of allylic oxidation sites excluding steroid dienone is 3. The van der Waals surface area contributed by atoms with Crippen LogP contribution in [0, 0.1) is 0 Å². The van der Waals surface area contributed by atoms with Crippen molar-refractivity contribution in [1.29, 1.82) is 0 Å². The zero-order chi connectivity index (χ0) is 7.52. The number of hydrogen-bond acceptors (Lipinski definition) is 2. The molecule has 1 aromatic heterocycles. The van der Waals surface area contributed by atoms with E-state index in [1.807, 2.05) is 0 Å². The number of fused-ring (bicyclic) bond motifs is 1. The van der Waals surface area contributed by atoms with Crippen molar-refractivity contribution < 1.29 is 0 Å². The number of rotatable bonds is 0. The van der Waals surface area contributed by atoms with Gasteiger partial charge in [-0.1, -0.05) is 0 Å². The third-order valence-electron chi connectivity index (χ3n) is 1.63. The van der Waals surface area contributed by atoms with Crippen LogP contribution in [0.3, 0.4) is 0 Å². The van der Waals surface area contributed by atoms with Crippen LogP contribution >= 0.6 is 0 Å². The molecule has 0 fully saturated rings. The summed E-state index contributed by atoms with van der Waals surface area (Å²) in [6.07, 6.45) is 10.6. The van der Waals surface area contributed by atoms with E-state index in [1.165, 1.54) is 10.1 Å². The molecule has 1 aromatic rings. The second-order valence-electron chi connectivity index (χ2n) is 2.41. The second-order valence-corrected chi connectivity index (χ2v) is 4.06. The molecule has 1 aliphatic carbocycles. The van der Waals surface area contributed by atoms with Crippen molar-refractivity contribution in [2.75, 3.05) is 0 Å². The molecule has 1 aliphatic rings. The molecule has 0 atom stereocenters. The monoisotopic (exact) mass is 212 g/mol. The number of nitrogens with zero attached hydrogens (tertiary/aromatic N) is 2. The summed E-state index contributed by atoms with van der Waals surface area (Å²) in [5, 5.41) is 4.11. The molecule has 0 saturated heterocycles. The molecular formula is C8H8N2Se. The molecule has 0 aromatic carbocycles. The van der Waals surface area contributed by atoms with E-state index in [9.17, 15) is 0 Å². The van der Waals surface area contributed by atoms with Crippen LogP contribution < -0.4 is 0 Å². The van der Waals surface area contributed by atoms with Crippen LogP contribution in [0.4, 0.5) is 0 Å². The van der Waals surface area contributed by atoms with E-state index in [1.54, 1.807) is 0 Å². The van der Waals surface area contributed by atoms with Crippen LogP contribution in [0.15, 0.2) is 18.2 Å². The summed E-state index contributed by atoms with van der Waals surface area (Å²) < 4.78 is 5.39. The molecule has 1 heterocycles. The van der Waals surface area contributed by atoms with Crippen molar-refractivity contribution in [1.82, 2.24) is 9.19 Å². The third kappa shape index (κ3) is 1.50. The van der Waals surface area contributed by atoms with Crippen LogP contribution in [0.25, 0.3) is 6.08 Å². The Morgan fingerprint density at radius 2 is 2.36 bits per heavy atom. The van der Waals surface area contributed by atoms with E-state index >= 15 is 0 Å². The van der Waals surface area contributed by atoms with Crippen LogP contribution in [0.5, 0.6) is 0 Å². The summed E-state index contributed by atoms with van der Waals surface area (Å²) in [7, 11) is 0. The first-order chi connectivity index (χ1) is 5.47. The van der Waals surface area contributed by atoms with Gasteiger partial charge in [0, 0.05) is 0 Å². The minimum absolute atomic E-state index is 0.261. The fraction of sp³-hybridized carbons (Fsp3) is 0.250. The number of aromatic nitrogens is 2. The topological polar surface area (TPSA) is 25.8 Å². The Morgan fingerprint density at radius 3 is 3.36 bits per heavy atom. The molecule has 0 amide bonds. The van der Waals surface area contributed by atoms with Gasteiger partial charge in [-0.3, -0.25) is 0 Å².